The summed E-state index contributed by atoms with van der Waals surface area (Å²) in [4.78, 5) is 37.6. The van der Waals surface area contributed by atoms with Gasteiger partial charge in [0, 0.05) is 18.4 Å². The molecule has 41 heavy (non-hydrogen) atoms. The van der Waals surface area contributed by atoms with E-state index in [2.05, 4.69) is 15.8 Å². The Balaban J connectivity index is 1.63. The van der Waals surface area contributed by atoms with Crippen LogP contribution in [0.3, 0.4) is 0 Å². The number of ether oxygens (including phenoxy) is 4. The number of rotatable bonds is 13. The van der Waals surface area contributed by atoms with Gasteiger partial charge in [-0.2, -0.15) is 10.4 Å². The van der Waals surface area contributed by atoms with E-state index in [0.29, 0.717) is 46.4 Å². The number of pyridine rings is 1. The molecular weight excluding hydrogens is 530 g/mol. The van der Waals surface area contributed by atoms with Gasteiger partial charge in [0.15, 0.2) is 18.1 Å². The quantitative estimate of drug-likeness (QED) is 0.239. The number of amides is 2. The molecule has 0 saturated carbocycles. The van der Waals surface area contributed by atoms with Gasteiger partial charge in [-0.15, -0.1) is 0 Å². The highest BCUT2D eigenvalue weighted by Gasteiger charge is 2.15. The van der Waals surface area contributed by atoms with Crippen LogP contribution in [0.1, 0.15) is 29.3 Å². The van der Waals surface area contributed by atoms with Crippen molar-refractivity contribution in [2.45, 2.75) is 27.0 Å². The number of nitrogens with one attached hydrogen (secondary N) is 2. The van der Waals surface area contributed by atoms with Crippen LogP contribution < -0.4 is 30.5 Å². The van der Waals surface area contributed by atoms with E-state index in [4.69, 9.17) is 18.9 Å². The van der Waals surface area contributed by atoms with Gasteiger partial charge in [-0.3, -0.25) is 14.4 Å². The second-order valence-electron chi connectivity index (χ2n) is 8.59. The Bertz CT molecular complexity index is 1520. The zero-order valence-corrected chi connectivity index (χ0v) is 23.2. The number of nitriles is 1. The van der Waals surface area contributed by atoms with Crippen molar-refractivity contribution in [3.8, 4) is 23.3 Å². The number of nitrogens with zero attached hydrogens (tertiary/aromatic N) is 3. The molecule has 0 aliphatic rings. The lowest BCUT2D eigenvalue weighted by atomic mass is 10.1. The molecule has 0 unspecified atom stereocenters. The first-order valence-corrected chi connectivity index (χ1v) is 12.6. The molecule has 0 spiro atoms. The molecule has 0 radical (unpaired) electrons. The predicted octanol–water partition coefficient (Wildman–Crippen LogP) is 2.75. The van der Waals surface area contributed by atoms with Gasteiger partial charge in [-0.05, 0) is 55.8 Å². The maximum atomic E-state index is 12.7. The maximum absolute atomic E-state index is 12.7. The fourth-order valence-corrected chi connectivity index (χ4v) is 3.85. The first-order chi connectivity index (χ1) is 19.8. The average Bonchev–Trinajstić information content (AvgIpc) is 2.95. The smallest absolute Gasteiger partial charge is 0.269 e. The second-order valence-corrected chi connectivity index (χ2v) is 8.59. The Hall–Kier alpha value is -5.15. The molecule has 3 aromatic rings. The van der Waals surface area contributed by atoms with Crippen LogP contribution in [0.5, 0.6) is 17.2 Å². The third-order valence-electron chi connectivity index (χ3n) is 5.71. The molecule has 1 aromatic heterocycles. The van der Waals surface area contributed by atoms with E-state index < -0.39 is 11.5 Å². The molecule has 12 nitrogen and oxygen atoms in total. The Labute approximate surface area is 237 Å². The molecule has 0 aliphatic heterocycles. The molecule has 0 bridgehead atoms. The number of hydrogen-bond donors (Lipinski definition) is 2. The topological polar surface area (TPSA) is 153 Å². The van der Waals surface area contributed by atoms with Crippen molar-refractivity contribution in [2.75, 3.05) is 32.8 Å². The van der Waals surface area contributed by atoms with Gasteiger partial charge in [-0.1, -0.05) is 12.1 Å². The number of hydrogen-bond acceptors (Lipinski definition) is 9. The summed E-state index contributed by atoms with van der Waals surface area (Å²) in [5.41, 5.74) is 3.81. The van der Waals surface area contributed by atoms with Gasteiger partial charge in [0.05, 0.1) is 32.2 Å². The van der Waals surface area contributed by atoms with Crippen LogP contribution in [-0.2, 0) is 27.5 Å². The van der Waals surface area contributed by atoms with Crippen LogP contribution in [0.25, 0.3) is 0 Å². The lowest BCUT2D eigenvalue weighted by Crippen LogP contribution is -2.33. The van der Waals surface area contributed by atoms with E-state index in [0.717, 1.165) is 0 Å². The van der Waals surface area contributed by atoms with Gasteiger partial charge >= 0.3 is 0 Å². The summed E-state index contributed by atoms with van der Waals surface area (Å²) in [6.45, 7) is 3.35. The summed E-state index contributed by atoms with van der Waals surface area (Å²) in [5.74, 6) is 0.329. The number of para-hydroxylation sites is 2. The summed E-state index contributed by atoms with van der Waals surface area (Å²) in [6, 6.07) is 15.5. The lowest BCUT2D eigenvalue weighted by molar-refractivity contribution is -0.121. The van der Waals surface area contributed by atoms with Crippen molar-refractivity contribution in [3.05, 3.63) is 81.3 Å². The molecule has 3 rings (SSSR count). The molecule has 214 valence electrons. The van der Waals surface area contributed by atoms with Crippen LogP contribution in [-0.4, -0.2) is 50.0 Å². The largest absolute Gasteiger partial charge is 0.495 e. The maximum Gasteiger partial charge on any atom is 0.269 e. The van der Waals surface area contributed by atoms with Crippen molar-refractivity contribution < 1.29 is 28.5 Å². The first-order valence-electron chi connectivity index (χ1n) is 12.6. The second kappa shape index (κ2) is 14.9. The van der Waals surface area contributed by atoms with Crippen molar-refractivity contribution >= 4 is 23.7 Å². The van der Waals surface area contributed by atoms with E-state index in [1.807, 2.05) is 13.0 Å². The van der Waals surface area contributed by atoms with E-state index >= 15 is 0 Å². The number of methoxy groups -OCH3 is 2. The standard InChI is InChI=1S/C29H31N5O7/c1-5-40-26-13-20(10-11-25(26)41-18-28(36)32-23-8-6-7-9-24(23)39-4)15-31-33-27(35)16-34-19(2)12-21(17-38-3)22(14-30)29(34)37/h6-13,15H,5,16-18H2,1-4H3,(H,32,36)(H,33,35)/b31-15-. The van der Waals surface area contributed by atoms with Crippen molar-refractivity contribution in [1.29, 1.82) is 5.26 Å². The Kier molecular flexibility index (Phi) is 11.0. The molecule has 1 heterocycles. The molecule has 2 N–H and O–H groups in total. The van der Waals surface area contributed by atoms with Crippen LogP contribution in [0.4, 0.5) is 5.69 Å². The summed E-state index contributed by atoms with van der Waals surface area (Å²) >= 11 is 0. The van der Waals surface area contributed by atoms with E-state index in [-0.39, 0.29) is 31.2 Å². The van der Waals surface area contributed by atoms with Crippen LogP contribution >= 0.6 is 0 Å². The van der Waals surface area contributed by atoms with Crippen LogP contribution in [0.15, 0.2) is 58.4 Å². The van der Waals surface area contributed by atoms with Gasteiger partial charge in [-0.25, -0.2) is 5.43 Å². The third kappa shape index (κ3) is 8.17. The molecule has 12 heteroatoms. The molecule has 2 amide bonds. The monoisotopic (exact) mass is 561 g/mol. The summed E-state index contributed by atoms with van der Waals surface area (Å²) < 4.78 is 22.8. The summed E-state index contributed by atoms with van der Waals surface area (Å²) in [5, 5.41) is 16.1. The summed E-state index contributed by atoms with van der Waals surface area (Å²) in [6.07, 6.45) is 1.40. The van der Waals surface area contributed by atoms with Crippen molar-refractivity contribution in [3.63, 3.8) is 0 Å². The molecule has 0 atom stereocenters. The molecule has 0 fully saturated rings. The molecule has 2 aromatic carbocycles. The summed E-state index contributed by atoms with van der Waals surface area (Å²) in [7, 11) is 2.98. The van der Waals surface area contributed by atoms with Crippen molar-refractivity contribution in [1.82, 2.24) is 9.99 Å². The van der Waals surface area contributed by atoms with Gasteiger partial charge in [0.2, 0.25) is 0 Å². The number of hydrazone groups is 1. The minimum Gasteiger partial charge on any atom is -0.495 e. The first kappa shape index (κ1) is 30.4. The van der Waals surface area contributed by atoms with E-state index in [1.54, 1.807) is 55.5 Å². The molecular formula is C29H31N5O7. The number of carbonyl (C=O) groups excluding carboxylic acids is 2. The number of benzene rings is 2. The Morgan fingerprint density at radius 3 is 2.54 bits per heavy atom. The molecule has 0 aliphatic carbocycles. The molecule has 0 saturated heterocycles. The highest BCUT2D eigenvalue weighted by molar-refractivity contribution is 5.93. The number of aromatic nitrogens is 1. The Morgan fingerprint density at radius 2 is 1.83 bits per heavy atom. The van der Waals surface area contributed by atoms with Crippen molar-refractivity contribution in [2.24, 2.45) is 5.10 Å². The average molecular weight is 562 g/mol. The number of carbonyl (C=O) groups is 2. The zero-order chi connectivity index (χ0) is 29.8. The van der Waals surface area contributed by atoms with E-state index in [9.17, 15) is 19.6 Å². The fraction of sp³-hybridized carbons (Fsp3) is 0.276. The number of anilines is 1. The third-order valence-corrected chi connectivity index (χ3v) is 5.71. The fourth-order valence-electron chi connectivity index (χ4n) is 3.85. The van der Waals surface area contributed by atoms with Gasteiger partial charge < -0.3 is 28.8 Å². The highest BCUT2D eigenvalue weighted by atomic mass is 16.5. The minimum atomic E-state index is -0.577. The zero-order valence-electron chi connectivity index (χ0n) is 23.2. The predicted molar refractivity (Wildman–Crippen MR) is 151 cm³/mol. The SMILES string of the molecule is CCOc1cc(/C=N\NC(=O)Cn2c(C)cc(COC)c(C#N)c2=O)ccc1OCC(=O)Nc1ccccc1OC. The van der Waals surface area contributed by atoms with Crippen LogP contribution in [0.2, 0.25) is 0 Å². The Morgan fingerprint density at radius 1 is 1.05 bits per heavy atom. The van der Waals surface area contributed by atoms with E-state index in [1.165, 1.54) is 25.0 Å². The highest BCUT2D eigenvalue weighted by Crippen LogP contribution is 2.28. The van der Waals surface area contributed by atoms with Gasteiger partial charge in [0.25, 0.3) is 17.4 Å². The number of aryl methyl sites for hydroxylation is 1. The minimum absolute atomic E-state index is 0.0724. The lowest BCUT2D eigenvalue weighted by Gasteiger charge is -2.13. The normalized spacial score (nSPS) is 10.6. The van der Waals surface area contributed by atoms with Crippen LogP contribution in [0, 0.1) is 18.3 Å². The van der Waals surface area contributed by atoms with Gasteiger partial charge in [0.1, 0.15) is 23.9 Å².